The molecule has 0 saturated carbocycles. The van der Waals surface area contributed by atoms with Crippen LogP contribution in [0.1, 0.15) is 11.3 Å². The van der Waals surface area contributed by atoms with Gasteiger partial charge < -0.3 is 10.1 Å². The summed E-state index contributed by atoms with van der Waals surface area (Å²) < 4.78 is 5.59. The summed E-state index contributed by atoms with van der Waals surface area (Å²) in [5.74, 6) is 0.716. The molecule has 1 aliphatic rings. The van der Waals surface area contributed by atoms with Crippen molar-refractivity contribution in [2.24, 2.45) is 5.92 Å². The van der Waals surface area contributed by atoms with Gasteiger partial charge in [0.25, 0.3) is 0 Å². The molecule has 0 aliphatic carbocycles. The molecule has 80 valence electrons. The number of halogens is 1. The van der Waals surface area contributed by atoms with E-state index in [0.717, 1.165) is 26.3 Å². The third kappa shape index (κ3) is 3.53. The van der Waals surface area contributed by atoms with Gasteiger partial charge in [-0.05, 0) is 18.9 Å². The van der Waals surface area contributed by atoms with E-state index in [9.17, 15) is 0 Å². The average molecular weight is 235 g/mol. The lowest BCUT2D eigenvalue weighted by Gasteiger charge is -2.07. The lowest BCUT2D eigenvalue weighted by molar-refractivity contribution is 0.0942. The maximum Gasteiger partial charge on any atom is 0.0825 e. The van der Waals surface area contributed by atoms with Crippen molar-refractivity contribution in [3.8, 4) is 0 Å². The third-order valence-corrected chi connectivity index (χ3v) is 3.00. The third-order valence-electron chi connectivity index (χ3n) is 2.24. The summed E-state index contributed by atoms with van der Waals surface area (Å²) in [4.78, 5) is 5.21. The molecule has 1 aliphatic heterocycles. The average Bonchev–Trinajstić information content (AvgIpc) is 2.75. The topological polar surface area (TPSA) is 34.1 Å². The van der Waals surface area contributed by atoms with E-state index in [1.807, 2.05) is 11.7 Å². The minimum atomic E-state index is 0. The van der Waals surface area contributed by atoms with Crippen molar-refractivity contribution in [1.82, 2.24) is 10.3 Å². The van der Waals surface area contributed by atoms with E-state index in [-0.39, 0.29) is 12.4 Å². The predicted octanol–water partition coefficient (Wildman–Crippen LogP) is 1.69. The monoisotopic (exact) mass is 234 g/mol. The van der Waals surface area contributed by atoms with Crippen LogP contribution in [0.25, 0.3) is 0 Å². The molecule has 1 atom stereocenters. The molecular weight excluding hydrogens is 220 g/mol. The number of hydrogen-bond acceptors (Lipinski definition) is 4. The normalized spacial score (nSPS) is 20.7. The van der Waals surface area contributed by atoms with Crippen molar-refractivity contribution in [1.29, 1.82) is 0 Å². The quantitative estimate of drug-likeness (QED) is 0.861. The first kappa shape index (κ1) is 11.9. The first-order chi connectivity index (χ1) is 6.45. The lowest BCUT2D eigenvalue weighted by Crippen LogP contribution is -2.13. The van der Waals surface area contributed by atoms with Gasteiger partial charge in [-0.2, -0.15) is 0 Å². The number of rotatable bonds is 4. The highest BCUT2D eigenvalue weighted by molar-refractivity contribution is 7.09. The first-order valence-electron chi connectivity index (χ1n) is 4.61. The number of ether oxygens (including phenoxy) is 1. The summed E-state index contributed by atoms with van der Waals surface area (Å²) in [6.45, 7) is 3.86. The zero-order valence-corrected chi connectivity index (χ0v) is 9.57. The fraction of sp³-hybridized carbons (Fsp3) is 0.667. The minimum absolute atomic E-state index is 0. The van der Waals surface area contributed by atoms with Crippen molar-refractivity contribution in [3.05, 3.63) is 16.6 Å². The second-order valence-electron chi connectivity index (χ2n) is 3.34. The minimum Gasteiger partial charge on any atom is -0.376 e. The molecule has 1 unspecified atom stereocenters. The van der Waals surface area contributed by atoms with Gasteiger partial charge in [-0.1, -0.05) is 0 Å². The standard InChI is InChI=1S/C9H14N2OS.ClH/c1-2-10-3-8(1)5-12-6-9-4-11-7-13-9;/h4,7-8,10H,1-3,5-6H2;1H. The highest BCUT2D eigenvalue weighted by atomic mass is 35.5. The number of hydrogen-bond donors (Lipinski definition) is 1. The molecule has 14 heavy (non-hydrogen) atoms. The Labute approximate surface area is 94.3 Å². The highest BCUT2D eigenvalue weighted by Crippen LogP contribution is 2.11. The van der Waals surface area contributed by atoms with Crippen LogP contribution in [0, 0.1) is 5.92 Å². The molecule has 2 rings (SSSR count). The molecule has 0 spiro atoms. The summed E-state index contributed by atoms with van der Waals surface area (Å²) >= 11 is 1.65. The largest absolute Gasteiger partial charge is 0.376 e. The molecule has 1 fully saturated rings. The molecule has 0 bridgehead atoms. The van der Waals surface area contributed by atoms with Crippen molar-refractivity contribution < 1.29 is 4.74 Å². The van der Waals surface area contributed by atoms with Crippen molar-refractivity contribution >= 4 is 23.7 Å². The summed E-state index contributed by atoms with van der Waals surface area (Å²) in [5.41, 5.74) is 1.84. The van der Waals surface area contributed by atoms with Gasteiger partial charge in [-0.25, -0.2) is 0 Å². The molecular formula is C9H15ClN2OS. The van der Waals surface area contributed by atoms with Gasteiger partial charge in [0, 0.05) is 12.7 Å². The Morgan fingerprint density at radius 1 is 1.64 bits per heavy atom. The van der Waals surface area contributed by atoms with E-state index in [4.69, 9.17) is 4.74 Å². The van der Waals surface area contributed by atoms with E-state index in [2.05, 4.69) is 10.3 Å². The predicted molar refractivity (Wildman–Crippen MR) is 60.0 cm³/mol. The number of nitrogens with one attached hydrogen (secondary N) is 1. The Morgan fingerprint density at radius 3 is 3.21 bits per heavy atom. The van der Waals surface area contributed by atoms with Crippen molar-refractivity contribution in [2.45, 2.75) is 13.0 Å². The molecule has 0 amide bonds. The van der Waals surface area contributed by atoms with Gasteiger partial charge in [0.15, 0.2) is 0 Å². The first-order valence-corrected chi connectivity index (χ1v) is 5.49. The van der Waals surface area contributed by atoms with Gasteiger partial charge in [0.1, 0.15) is 0 Å². The zero-order valence-electron chi connectivity index (χ0n) is 7.94. The number of nitrogens with zero attached hydrogens (tertiary/aromatic N) is 1. The molecule has 1 saturated heterocycles. The molecule has 5 heteroatoms. The second kappa shape index (κ2) is 6.35. The van der Waals surface area contributed by atoms with E-state index >= 15 is 0 Å². The summed E-state index contributed by atoms with van der Waals surface area (Å²) in [6, 6.07) is 0. The van der Waals surface area contributed by atoms with Crippen molar-refractivity contribution in [2.75, 3.05) is 19.7 Å². The van der Waals surface area contributed by atoms with E-state index in [1.54, 1.807) is 11.3 Å². The van der Waals surface area contributed by atoms with Gasteiger partial charge in [-0.3, -0.25) is 4.98 Å². The fourth-order valence-corrected chi connectivity index (χ4v) is 2.03. The molecule has 2 heterocycles. The fourth-order valence-electron chi connectivity index (χ4n) is 1.50. The van der Waals surface area contributed by atoms with Crippen LogP contribution in [-0.2, 0) is 11.3 Å². The molecule has 3 nitrogen and oxygen atoms in total. The Kier molecular flexibility index (Phi) is 5.40. The SMILES string of the molecule is Cl.c1ncc(COCC2CCNC2)s1. The molecule has 0 radical (unpaired) electrons. The number of thiazole rings is 1. The Morgan fingerprint density at radius 2 is 2.57 bits per heavy atom. The van der Waals surface area contributed by atoms with Gasteiger partial charge in [-0.15, -0.1) is 23.7 Å². The molecule has 1 N–H and O–H groups in total. The van der Waals surface area contributed by atoms with Crippen LogP contribution >= 0.6 is 23.7 Å². The maximum absolute atomic E-state index is 5.59. The van der Waals surface area contributed by atoms with Crippen LogP contribution in [0.15, 0.2) is 11.7 Å². The van der Waals surface area contributed by atoms with Crippen LogP contribution in [0.4, 0.5) is 0 Å². The van der Waals surface area contributed by atoms with Crippen LogP contribution in [-0.4, -0.2) is 24.7 Å². The van der Waals surface area contributed by atoms with Gasteiger partial charge >= 0.3 is 0 Å². The molecule has 0 aromatic carbocycles. The number of aromatic nitrogens is 1. The highest BCUT2D eigenvalue weighted by Gasteiger charge is 2.13. The van der Waals surface area contributed by atoms with Gasteiger partial charge in [0.2, 0.25) is 0 Å². The van der Waals surface area contributed by atoms with Crippen LogP contribution in [0.5, 0.6) is 0 Å². The Hall–Kier alpha value is -0.160. The second-order valence-corrected chi connectivity index (χ2v) is 4.31. The summed E-state index contributed by atoms with van der Waals surface area (Å²) in [7, 11) is 0. The van der Waals surface area contributed by atoms with E-state index in [0.29, 0.717) is 5.92 Å². The van der Waals surface area contributed by atoms with Crippen LogP contribution in [0.3, 0.4) is 0 Å². The Balaban J connectivity index is 0.000000980. The van der Waals surface area contributed by atoms with E-state index in [1.165, 1.54) is 11.3 Å². The molecule has 1 aromatic heterocycles. The zero-order chi connectivity index (χ0) is 8.93. The summed E-state index contributed by atoms with van der Waals surface area (Å²) in [6.07, 6.45) is 3.13. The van der Waals surface area contributed by atoms with Crippen LogP contribution < -0.4 is 5.32 Å². The lowest BCUT2D eigenvalue weighted by atomic mass is 10.1. The Bertz CT molecular complexity index is 237. The van der Waals surface area contributed by atoms with Gasteiger partial charge in [0.05, 0.1) is 23.6 Å². The van der Waals surface area contributed by atoms with E-state index < -0.39 is 0 Å². The molecule has 1 aromatic rings. The smallest absolute Gasteiger partial charge is 0.0825 e. The van der Waals surface area contributed by atoms with Crippen molar-refractivity contribution in [3.63, 3.8) is 0 Å². The maximum atomic E-state index is 5.59. The van der Waals surface area contributed by atoms with Crippen LogP contribution in [0.2, 0.25) is 0 Å². The summed E-state index contributed by atoms with van der Waals surface area (Å²) in [5, 5.41) is 3.33.